The van der Waals surface area contributed by atoms with E-state index in [4.69, 9.17) is 0 Å². The Hall–Kier alpha value is -0.610. The second kappa shape index (κ2) is 5.94. The molecule has 0 aromatic rings. The van der Waals surface area contributed by atoms with Gasteiger partial charge < -0.3 is 15.4 Å². The molecule has 1 fully saturated rings. The number of methoxy groups -OCH3 is 1. The molecule has 13 heavy (non-hydrogen) atoms. The standard InChI is InChI=1S/C9H18N2O2/c1-13-9(12)4-6-10-7-8-3-2-5-11-8/h8,10-11H,2-7H2,1H3/t8-/m0/s1. The van der Waals surface area contributed by atoms with E-state index in [1.165, 1.54) is 20.0 Å². The molecule has 2 N–H and O–H groups in total. The molecule has 0 aliphatic carbocycles. The zero-order valence-corrected chi connectivity index (χ0v) is 8.14. The maximum absolute atomic E-state index is 10.7. The van der Waals surface area contributed by atoms with Crippen molar-refractivity contribution >= 4 is 5.97 Å². The number of nitrogens with one attached hydrogen (secondary N) is 2. The molecule has 1 atom stereocenters. The van der Waals surface area contributed by atoms with E-state index in [1.807, 2.05) is 0 Å². The second-order valence-electron chi connectivity index (χ2n) is 3.32. The van der Waals surface area contributed by atoms with Gasteiger partial charge in [-0.2, -0.15) is 0 Å². The molecule has 4 heteroatoms. The predicted molar refractivity (Wildman–Crippen MR) is 50.5 cm³/mol. The molecule has 0 unspecified atom stereocenters. The summed E-state index contributed by atoms with van der Waals surface area (Å²) in [5.41, 5.74) is 0. The molecule has 0 radical (unpaired) electrons. The third-order valence-corrected chi connectivity index (χ3v) is 2.29. The highest BCUT2D eigenvalue weighted by atomic mass is 16.5. The number of ether oxygens (including phenoxy) is 1. The lowest BCUT2D eigenvalue weighted by Gasteiger charge is -2.10. The van der Waals surface area contributed by atoms with Crippen LogP contribution < -0.4 is 10.6 Å². The van der Waals surface area contributed by atoms with E-state index in [0.29, 0.717) is 19.0 Å². The van der Waals surface area contributed by atoms with E-state index in [9.17, 15) is 4.79 Å². The molecular weight excluding hydrogens is 168 g/mol. The molecule has 1 aliphatic heterocycles. The third-order valence-electron chi connectivity index (χ3n) is 2.29. The summed E-state index contributed by atoms with van der Waals surface area (Å²) in [6.45, 7) is 2.80. The molecule has 0 amide bonds. The average Bonchev–Trinajstić information content (AvgIpc) is 2.64. The van der Waals surface area contributed by atoms with E-state index in [-0.39, 0.29) is 5.97 Å². The summed E-state index contributed by atoms with van der Waals surface area (Å²) < 4.78 is 4.53. The zero-order valence-electron chi connectivity index (χ0n) is 8.14. The first-order chi connectivity index (χ1) is 6.33. The van der Waals surface area contributed by atoms with Crippen LogP contribution in [-0.4, -0.2) is 38.8 Å². The summed E-state index contributed by atoms with van der Waals surface area (Å²) in [5.74, 6) is -0.146. The van der Waals surface area contributed by atoms with E-state index in [1.54, 1.807) is 0 Å². The average molecular weight is 186 g/mol. The topological polar surface area (TPSA) is 50.4 Å². The molecule has 0 aromatic carbocycles. The summed E-state index contributed by atoms with van der Waals surface area (Å²) >= 11 is 0. The molecule has 1 saturated heterocycles. The van der Waals surface area contributed by atoms with Gasteiger partial charge in [0.05, 0.1) is 13.5 Å². The molecule has 1 rings (SSSR count). The number of hydrogen-bond donors (Lipinski definition) is 2. The fourth-order valence-electron chi connectivity index (χ4n) is 1.50. The van der Waals surface area contributed by atoms with Crippen molar-refractivity contribution in [2.24, 2.45) is 0 Å². The summed E-state index contributed by atoms with van der Waals surface area (Å²) in [5, 5.41) is 6.61. The van der Waals surface area contributed by atoms with Gasteiger partial charge in [-0.05, 0) is 19.4 Å². The highest BCUT2D eigenvalue weighted by Crippen LogP contribution is 2.02. The molecule has 1 aliphatic rings. The van der Waals surface area contributed by atoms with Gasteiger partial charge in [-0.25, -0.2) is 0 Å². The number of esters is 1. The minimum atomic E-state index is -0.146. The molecule has 1 heterocycles. The van der Waals surface area contributed by atoms with Crippen molar-refractivity contribution in [3.05, 3.63) is 0 Å². The fraction of sp³-hybridized carbons (Fsp3) is 0.889. The van der Waals surface area contributed by atoms with Crippen LogP contribution in [0, 0.1) is 0 Å². The van der Waals surface area contributed by atoms with Gasteiger partial charge in [0.15, 0.2) is 0 Å². The zero-order chi connectivity index (χ0) is 9.52. The maximum atomic E-state index is 10.7. The van der Waals surface area contributed by atoms with Gasteiger partial charge in [-0.3, -0.25) is 4.79 Å². The van der Waals surface area contributed by atoms with Gasteiger partial charge in [0.25, 0.3) is 0 Å². The fourth-order valence-corrected chi connectivity index (χ4v) is 1.50. The lowest BCUT2D eigenvalue weighted by Crippen LogP contribution is -2.34. The number of carbonyl (C=O) groups is 1. The Labute approximate surface area is 79.0 Å². The van der Waals surface area contributed by atoms with Crippen molar-refractivity contribution in [3.63, 3.8) is 0 Å². The van der Waals surface area contributed by atoms with Crippen LogP contribution >= 0.6 is 0 Å². The normalized spacial score (nSPS) is 21.8. The van der Waals surface area contributed by atoms with Crippen molar-refractivity contribution in [2.75, 3.05) is 26.7 Å². The first-order valence-corrected chi connectivity index (χ1v) is 4.84. The van der Waals surface area contributed by atoms with Crippen molar-refractivity contribution in [2.45, 2.75) is 25.3 Å². The first kappa shape index (κ1) is 10.5. The van der Waals surface area contributed by atoms with E-state index >= 15 is 0 Å². The molecule has 0 aromatic heterocycles. The lowest BCUT2D eigenvalue weighted by molar-refractivity contribution is -0.140. The van der Waals surface area contributed by atoms with Crippen LogP contribution in [0.4, 0.5) is 0 Å². The first-order valence-electron chi connectivity index (χ1n) is 4.84. The van der Waals surface area contributed by atoms with E-state index in [0.717, 1.165) is 13.1 Å². The molecular formula is C9H18N2O2. The molecule has 0 saturated carbocycles. The van der Waals surface area contributed by atoms with Crippen LogP contribution in [0.5, 0.6) is 0 Å². The largest absolute Gasteiger partial charge is 0.469 e. The van der Waals surface area contributed by atoms with Crippen LogP contribution in [0.2, 0.25) is 0 Å². The van der Waals surface area contributed by atoms with Crippen LogP contribution in [0.3, 0.4) is 0 Å². The number of rotatable bonds is 5. The Morgan fingerprint density at radius 3 is 3.15 bits per heavy atom. The maximum Gasteiger partial charge on any atom is 0.306 e. The van der Waals surface area contributed by atoms with E-state index in [2.05, 4.69) is 15.4 Å². The highest BCUT2D eigenvalue weighted by Gasteiger charge is 2.12. The third kappa shape index (κ3) is 4.24. The molecule has 0 spiro atoms. The van der Waals surface area contributed by atoms with Gasteiger partial charge in [-0.15, -0.1) is 0 Å². The summed E-state index contributed by atoms with van der Waals surface area (Å²) in [6.07, 6.45) is 2.97. The predicted octanol–water partition coefficient (Wildman–Crippen LogP) is -0.109. The van der Waals surface area contributed by atoms with Gasteiger partial charge in [0.1, 0.15) is 0 Å². The van der Waals surface area contributed by atoms with Gasteiger partial charge >= 0.3 is 5.97 Å². The van der Waals surface area contributed by atoms with Crippen LogP contribution in [-0.2, 0) is 9.53 Å². The SMILES string of the molecule is COC(=O)CCNC[C@@H]1CCCN1. The molecule has 4 nitrogen and oxygen atoms in total. The Morgan fingerprint density at radius 2 is 2.54 bits per heavy atom. The smallest absolute Gasteiger partial charge is 0.306 e. The van der Waals surface area contributed by atoms with Gasteiger partial charge in [-0.1, -0.05) is 0 Å². The quantitative estimate of drug-likeness (QED) is 0.465. The van der Waals surface area contributed by atoms with Crippen molar-refractivity contribution < 1.29 is 9.53 Å². The lowest BCUT2D eigenvalue weighted by atomic mass is 10.2. The van der Waals surface area contributed by atoms with Crippen molar-refractivity contribution in [1.82, 2.24) is 10.6 Å². The minimum Gasteiger partial charge on any atom is -0.469 e. The molecule has 0 bridgehead atoms. The Morgan fingerprint density at radius 1 is 1.69 bits per heavy atom. The van der Waals surface area contributed by atoms with Crippen LogP contribution in [0.15, 0.2) is 0 Å². The Bertz CT molecular complexity index is 156. The highest BCUT2D eigenvalue weighted by molar-refractivity contribution is 5.69. The van der Waals surface area contributed by atoms with Crippen LogP contribution in [0.1, 0.15) is 19.3 Å². The van der Waals surface area contributed by atoms with E-state index < -0.39 is 0 Å². The van der Waals surface area contributed by atoms with Crippen molar-refractivity contribution in [1.29, 1.82) is 0 Å². The van der Waals surface area contributed by atoms with Gasteiger partial charge in [0.2, 0.25) is 0 Å². The summed E-state index contributed by atoms with van der Waals surface area (Å²) in [6, 6.07) is 0.595. The monoisotopic (exact) mass is 186 g/mol. The summed E-state index contributed by atoms with van der Waals surface area (Å²) in [7, 11) is 1.42. The Kier molecular flexibility index (Phi) is 4.78. The number of hydrogen-bond acceptors (Lipinski definition) is 4. The van der Waals surface area contributed by atoms with Crippen molar-refractivity contribution in [3.8, 4) is 0 Å². The Balaban J connectivity index is 1.91. The minimum absolute atomic E-state index is 0.146. The number of carbonyl (C=O) groups excluding carboxylic acids is 1. The second-order valence-corrected chi connectivity index (χ2v) is 3.32. The van der Waals surface area contributed by atoms with Gasteiger partial charge in [0, 0.05) is 19.1 Å². The summed E-state index contributed by atoms with van der Waals surface area (Å²) in [4.78, 5) is 10.7. The van der Waals surface area contributed by atoms with Crippen LogP contribution in [0.25, 0.3) is 0 Å². The molecule has 76 valence electrons.